The minimum Gasteiger partial charge on any atom is -0.454 e. The maximum Gasteiger partial charge on any atom is 0.338 e. The summed E-state index contributed by atoms with van der Waals surface area (Å²) in [6.45, 7) is 0. The highest BCUT2D eigenvalue weighted by Crippen LogP contribution is 2.45. The topological polar surface area (TPSA) is 83.2 Å². The van der Waals surface area contributed by atoms with Crippen LogP contribution in [0.15, 0.2) is 72.0 Å². The van der Waals surface area contributed by atoms with Crippen LogP contribution in [0.25, 0.3) is 0 Å². The second-order valence-corrected chi connectivity index (χ2v) is 6.31. The van der Waals surface area contributed by atoms with Gasteiger partial charge in [0.25, 0.3) is 0 Å². The Morgan fingerprint density at radius 2 is 1.62 bits per heavy atom. The Morgan fingerprint density at radius 1 is 1.00 bits per heavy atom. The molecule has 128 valence electrons. The second kappa shape index (κ2) is 6.49. The first-order valence-corrected chi connectivity index (χ1v) is 8.39. The monoisotopic (exact) mass is 344 g/mol. The lowest BCUT2D eigenvalue weighted by atomic mass is 9.77. The molecule has 0 spiro atoms. The molecule has 3 atom stereocenters. The molecule has 5 heteroatoms. The predicted octanol–water partition coefficient (Wildman–Crippen LogP) is 3.86. The highest BCUT2D eigenvalue weighted by Gasteiger charge is 2.45. The Hall–Kier alpha value is -3.39. The summed E-state index contributed by atoms with van der Waals surface area (Å²) < 4.78 is 11.3. The molecule has 5 nitrogen and oxygen atoms in total. The zero-order valence-corrected chi connectivity index (χ0v) is 13.9. The number of nitriles is 1. The summed E-state index contributed by atoms with van der Waals surface area (Å²) in [4.78, 5) is 12.8. The Bertz CT molecular complexity index is 929. The Labute approximate surface area is 151 Å². The molecular weight excluding hydrogens is 328 g/mol. The van der Waals surface area contributed by atoms with E-state index in [1.54, 1.807) is 0 Å². The van der Waals surface area contributed by atoms with Crippen LogP contribution in [0.2, 0.25) is 0 Å². The number of carbonyl (C=O) groups excluding carboxylic acids is 1. The molecule has 0 bridgehead atoms. The lowest BCUT2D eigenvalue weighted by molar-refractivity contribution is -0.148. The lowest BCUT2D eigenvalue weighted by Crippen LogP contribution is -2.37. The number of ether oxygens (including phenoxy) is 2. The molecule has 2 aromatic rings. The summed E-state index contributed by atoms with van der Waals surface area (Å²) in [5, 5.41) is 17.7. The van der Waals surface area contributed by atoms with E-state index in [0.29, 0.717) is 17.8 Å². The molecule has 0 fully saturated rings. The van der Waals surface area contributed by atoms with Gasteiger partial charge in [0.2, 0.25) is 5.90 Å². The van der Waals surface area contributed by atoms with Crippen molar-refractivity contribution in [2.75, 3.05) is 0 Å². The van der Waals surface area contributed by atoms with Crippen molar-refractivity contribution in [2.24, 2.45) is 5.92 Å². The third-order valence-corrected chi connectivity index (χ3v) is 4.77. The van der Waals surface area contributed by atoms with Gasteiger partial charge < -0.3 is 9.47 Å². The first-order chi connectivity index (χ1) is 12.7. The van der Waals surface area contributed by atoms with E-state index >= 15 is 0 Å². The summed E-state index contributed by atoms with van der Waals surface area (Å²) in [7, 11) is 0. The smallest absolute Gasteiger partial charge is 0.338 e. The normalized spacial score (nSPS) is 25.0. The molecule has 1 N–H and O–H groups in total. The minimum atomic E-state index is -0.850. The first-order valence-electron chi connectivity index (χ1n) is 8.39. The van der Waals surface area contributed by atoms with Crippen molar-refractivity contribution in [3.63, 3.8) is 0 Å². The minimum absolute atomic E-state index is 0.124. The number of nitrogens with one attached hydrogen (secondary N) is 1. The van der Waals surface area contributed by atoms with Crippen molar-refractivity contribution >= 4 is 11.9 Å². The Morgan fingerprint density at radius 3 is 2.23 bits per heavy atom. The van der Waals surface area contributed by atoms with Gasteiger partial charge in [-0.3, -0.25) is 5.41 Å². The summed E-state index contributed by atoms with van der Waals surface area (Å²) >= 11 is 0. The number of cyclic esters (lactones) is 1. The molecule has 2 aromatic carbocycles. The van der Waals surface area contributed by atoms with Gasteiger partial charge >= 0.3 is 5.97 Å². The van der Waals surface area contributed by atoms with E-state index in [-0.39, 0.29) is 5.90 Å². The summed E-state index contributed by atoms with van der Waals surface area (Å²) in [5.41, 5.74) is 2.03. The fourth-order valence-corrected chi connectivity index (χ4v) is 3.54. The van der Waals surface area contributed by atoms with Crippen molar-refractivity contribution in [3.8, 4) is 6.07 Å². The number of benzene rings is 2. The van der Waals surface area contributed by atoms with Crippen LogP contribution in [0.3, 0.4) is 0 Å². The van der Waals surface area contributed by atoms with Crippen LogP contribution in [-0.4, -0.2) is 11.9 Å². The van der Waals surface area contributed by atoms with Crippen molar-refractivity contribution in [1.82, 2.24) is 0 Å². The fraction of sp³-hybridized carbons (Fsp3) is 0.190. The van der Waals surface area contributed by atoms with E-state index in [1.165, 1.54) is 0 Å². The highest BCUT2D eigenvalue weighted by molar-refractivity contribution is 5.96. The number of nitrogens with zero attached hydrogens (tertiary/aromatic N) is 1. The highest BCUT2D eigenvalue weighted by atomic mass is 16.6. The SMILES string of the molecule is N#CC1C(=N)OC2=C(C(=O)O[C@H](c3ccccc3)C2)[C@@H]1c1ccccc1. The average Bonchev–Trinajstić information content (AvgIpc) is 2.68. The molecule has 1 unspecified atom stereocenters. The number of carbonyl (C=O) groups is 1. The summed E-state index contributed by atoms with van der Waals surface area (Å²) in [6, 6.07) is 20.8. The van der Waals surface area contributed by atoms with E-state index in [1.807, 2.05) is 60.7 Å². The molecule has 0 amide bonds. The van der Waals surface area contributed by atoms with Crippen LogP contribution < -0.4 is 0 Å². The van der Waals surface area contributed by atoms with Crippen molar-refractivity contribution in [3.05, 3.63) is 83.1 Å². The summed E-state index contributed by atoms with van der Waals surface area (Å²) in [5.74, 6) is -1.58. The zero-order valence-electron chi connectivity index (χ0n) is 13.9. The fourth-order valence-electron chi connectivity index (χ4n) is 3.54. The maximum atomic E-state index is 12.8. The van der Waals surface area contributed by atoms with Crippen LogP contribution in [0.4, 0.5) is 0 Å². The molecule has 2 aliphatic heterocycles. The molecule has 0 saturated heterocycles. The van der Waals surface area contributed by atoms with Gasteiger partial charge in [0.05, 0.1) is 11.6 Å². The van der Waals surface area contributed by atoms with Crippen LogP contribution in [0.5, 0.6) is 0 Å². The van der Waals surface area contributed by atoms with Gasteiger partial charge in [-0.15, -0.1) is 0 Å². The number of esters is 1. The standard InChI is InChI=1S/C21H16N2O3/c22-12-15-18(14-9-5-2-6-10-14)19-17(25-20(15)23)11-16(26-21(19)24)13-7-3-1-4-8-13/h1-10,15-16,18,23H,11H2/t15?,16-,18+/m0/s1. The van der Waals surface area contributed by atoms with Crippen LogP contribution >= 0.6 is 0 Å². The molecule has 2 aliphatic rings. The van der Waals surface area contributed by atoms with Gasteiger partial charge in [-0.2, -0.15) is 5.26 Å². The van der Waals surface area contributed by atoms with E-state index in [2.05, 4.69) is 6.07 Å². The summed E-state index contributed by atoms with van der Waals surface area (Å²) in [6.07, 6.45) is -0.0973. The van der Waals surface area contributed by atoms with Crippen LogP contribution in [0.1, 0.15) is 29.6 Å². The second-order valence-electron chi connectivity index (χ2n) is 6.31. The van der Waals surface area contributed by atoms with Crippen molar-refractivity contribution in [2.45, 2.75) is 18.4 Å². The van der Waals surface area contributed by atoms with Gasteiger partial charge in [-0.25, -0.2) is 4.79 Å². The van der Waals surface area contributed by atoms with Crippen LogP contribution in [0, 0.1) is 22.7 Å². The van der Waals surface area contributed by atoms with E-state index in [9.17, 15) is 10.1 Å². The van der Waals surface area contributed by atoms with E-state index in [4.69, 9.17) is 14.9 Å². The predicted molar refractivity (Wildman–Crippen MR) is 94.0 cm³/mol. The largest absolute Gasteiger partial charge is 0.454 e. The molecule has 26 heavy (non-hydrogen) atoms. The quantitative estimate of drug-likeness (QED) is 0.839. The molecular formula is C21H16N2O3. The van der Waals surface area contributed by atoms with E-state index < -0.39 is 23.9 Å². The number of hydrogen-bond acceptors (Lipinski definition) is 5. The lowest BCUT2D eigenvalue weighted by Gasteiger charge is -2.36. The third kappa shape index (κ3) is 2.66. The first kappa shape index (κ1) is 16.1. The van der Waals surface area contributed by atoms with Gasteiger partial charge in [0.1, 0.15) is 17.8 Å². The van der Waals surface area contributed by atoms with Crippen molar-refractivity contribution < 1.29 is 14.3 Å². The van der Waals surface area contributed by atoms with E-state index in [0.717, 1.165) is 11.1 Å². The molecule has 0 radical (unpaired) electrons. The van der Waals surface area contributed by atoms with Gasteiger partial charge in [0, 0.05) is 12.3 Å². The van der Waals surface area contributed by atoms with Gasteiger partial charge in [0.15, 0.2) is 0 Å². The third-order valence-electron chi connectivity index (χ3n) is 4.77. The molecule has 4 rings (SSSR count). The molecule has 0 aliphatic carbocycles. The maximum absolute atomic E-state index is 12.8. The van der Waals surface area contributed by atoms with Gasteiger partial charge in [-0.05, 0) is 11.1 Å². The van der Waals surface area contributed by atoms with Crippen molar-refractivity contribution in [1.29, 1.82) is 10.7 Å². The molecule has 0 aromatic heterocycles. The molecule has 0 saturated carbocycles. The van der Waals surface area contributed by atoms with Crippen LogP contribution in [-0.2, 0) is 14.3 Å². The molecule has 2 heterocycles. The zero-order chi connectivity index (χ0) is 18.1. The van der Waals surface area contributed by atoms with Gasteiger partial charge in [-0.1, -0.05) is 60.7 Å². The average molecular weight is 344 g/mol. The number of hydrogen-bond donors (Lipinski definition) is 1. The Kier molecular flexibility index (Phi) is 4.02. The Balaban J connectivity index is 1.79. The number of rotatable bonds is 2.